The molecule has 0 spiro atoms. The molecule has 0 amide bonds. The molecular weight excluding hydrogens is 619 g/mol. The van der Waals surface area contributed by atoms with Gasteiger partial charge < -0.3 is 14.3 Å². The predicted molar refractivity (Wildman–Crippen MR) is 168 cm³/mol. The molecule has 0 bridgehead atoms. The van der Waals surface area contributed by atoms with Crippen LogP contribution in [0.3, 0.4) is 0 Å². The molecule has 0 aliphatic rings. The molecule has 0 saturated carbocycles. The zero-order chi connectivity index (χ0) is 32.3. The van der Waals surface area contributed by atoms with Gasteiger partial charge in [0.25, 0.3) is 10.0 Å². The van der Waals surface area contributed by atoms with Crippen molar-refractivity contribution >= 4 is 47.8 Å². The van der Waals surface area contributed by atoms with Crippen LogP contribution in [-0.2, 0) is 14.4 Å². The number of hydrogen-bond donors (Lipinski definition) is 1. The van der Waals surface area contributed by atoms with Gasteiger partial charge in [-0.1, -0.05) is 50.6 Å². The zero-order valence-corrected chi connectivity index (χ0v) is 27.7. The molecule has 3 rings (SSSR count). The summed E-state index contributed by atoms with van der Waals surface area (Å²) in [6.45, 7) is 11.3. The molecule has 0 aromatic heterocycles. The molecule has 6 nitrogen and oxygen atoms in total. The number of aliphatic hydroxyl groups excluding tert-OH is 1. The molecule has 2 atom stereocenters. The van der Waals surface area contributed by atoms with Crippen LogP contribution in [-0.4, -0.2) is 47.7 Å². The summed E-state index contributed by atoms with van der Waals surface area (Å²) in [4.78, 5) is -0.368. The molecule has 3 aromatic carbocycles. The van der Waals surface area contributed by atoms with Crippen molar-refractivity contribution in [3.05, 3.63) is 88.2 Å². The molecule has 0 radical (unpaired) electrons. The van der Waals surface area contributed by atoms with Gasteiger partial charge in [-0.3, -0.25) is 4.31 Å². The average Bonchev–Trinajstić information content (AvgIpc) is 2.92. The molecular formula is C31H37ClF3NO5SSi. The van der Waals surface area contributed by atoms with E-state index in [0.717, 1.165) is 28.6 Å². The number of halogens is 4. The van der Waals surface area contributed by atoms with Gasteiger partial charge in [-0.25, -0.2) is 21.6 Å². The van der Waals surface area contributed by atoms with E-state index in [1.54, 1.807) is 0 Å². The number of benzene rings is 3. The monoisotopic (exact) mass is 655 g/mol. The molecule has 12 heteroatoms. The summed E-state index contributed by atoms with van der Waals surface area (Å²) in [5.74, 6) is -2.58. The number of methoxy groups -OCH3 is 1. The van der Waals surface area contributed by atoms with Crippen molar-refractivity contribution in [2.24, 2.45) is 0 Å². The minimum atomic E-state index is -4.57. The quantitative estimate of drug-likeness (QED) is 0.168. The van der Waals surface area contributed by atoms with Crippen molar-refractivity contribution in [2.45, 2.75) is 62.9 Å². The summed E-state index contributed by atoms with van der Waals surface area (Å²) in [5, 5.41) is 11.2. The molecule has 0 aliphatic heterocycles. The molecule has 0 fully saturated rings. The summed E-state index contributed by atoms with van der Waals surface area (Å²) in [6, 6.07) is 9.75. The topological polar surface area (TPSA) is 76.1 Å². The van der Waals surface area contributed by atoms with Crippen molar-refractivity contribution in [2.75, 3.05) is 18.0 Å². The molecule has 0 heterocycles. The van der Waals surface area contributed by atoms with Gasteiger partial charge in [0.15, 0.2) is 19.9 Å². The second-order valence-electron chi connectivity index (χ2n) is 11.7. The van der Waals surface area contributed by atoms with Crippen LogP contribution in [0.2, 0.25) is 23.2 Å². The first-order valence-corrected chi connectivity index (χ1v) is 18.2. The molecule has 3 aromatic rings. The Morgan fingerprint density at radius 3 is 2.26 bits per heavy atom. The Bertz CT molecular complexity index is 1570. The standard InChI is InChI=1S/C31H37ClF3NO5SSi/c1-20(29(37)19-41-43(6,7)31(2,3)4)36(42(38,39)22-13-15-26(34)30(18-22)40-5)28-16-12-21(17-27(28)35)11-14-23-24(32)9-8-10-25(23)33/h8-18,20,29,37H,19H2,1-7H3/b14-11+/t20-,29+/m1/s1. The first-order chi connectivity index (χ1) is 19.9. The Balaban J connectivity index is 2.07. The van der Waals surface area contributed by atoms with Gasteiger partial charge in [0.1, 0.15) is 11.6 Å². The SMILES string of the molecule is COc1cc(S(=O)(=O)N(c2ccc(/C=C/c3c(F)cccc3Cl)cc2F)[C@H](C)[C@@H](O)CO[Si](C)(C)C(C)(C)C)ccc1F. The maximum absolute atomic E-state index is 15.8. The minimum absolute atomic E-state index is 0.113. The maximum atomic E-state index is 15.8. The number of anilines is 1. The number of ether oxygens (including phenoxy) is 1. The Hall–Kier alpha value is -2.83. The van der Waals surface area contributed by atoms with Crippen molar-refractivity contribution < 1.29 is 35.9 Å². The van der Waals surface area contributed by atoms with E-state index in [1.165, 1.54) is 56.5 Å². The van der Waals surface area contributed by atoms with Crippen LogP contribution < -0.4 is 9.04 Å². The smallest absolute Gasteiger partial charge is 0.264 e. The number of nitrogens with zero attached hydrogens (tertiary/aromatic N) is 1. The van der Waals surface area contributed by atoms with E-state index in [-0.39, 0.29) is 38.6 Å². The fourth-order valence-electron chi connectivity index (χ4n) is 3.94. The molecule has 0 aliphatic carbocycles. The maximum Gasteiger partial charge on any atom is 0.264 e. The van der Waals surface area contributed by atoms with E-state index in [2.05, 4.69) is 0 Å². The van der Waals surface area contributed by atoms with E-state index in [0.29, 0.717) is 5.56 Å². The largest absolute Gasteiger partial charge is 0.494 e. The highest BCUT2D eigenvalue weighted by atomic mass is 35.5. The van der Waals surface area contributed by atoms with Gasteiger partial charge in [0, 0.05) is 11.6 Å². The van der Waals surface area contributed by atoms with E-state index in [4.69, 9.17) is 20.8 Å². The van der Waals surface area contributed by atoms with Gasteiger partial charge in [-0.05, 0) is 73.1 Å². The van der Waals surface area contributed by atoms with Crippen molar-refractivity contribution in [3.8, 4) is 5.75 Å². The highest BCUT2D eigenvalue weighted by Crippen LogP contribution is 2.37. The lowest BCUT2D eigenvalue weighted by Crippen LogP contribution is -2.50. The summed E-state index contributed by atoms with van der Waals surface area (Å²) >= 11 is 6.07. The first kappa shape index (κ1) is 34.7. The molecule has 43 heavy (non-hydrogen) atoms. The van der Waals surface area contributed by atoms with Gasteiger partial charge in [0.05, 0.1) is 41.5 Å². The fraction of sp³-hybridized carbons (Fsp3) is 0.355. The number of aliphatic hydroxyl groups is 1. The van der Waals surface area contributed by atoms with E-state index in [9.17, 15) is 22.3 Å². The van der Waals surface area contributed by atoms with Crippen molar-refractivity contribution in [1.29, 1.82) is 0 Å². The summed E-state index contributed by atoms with van der Waals surface area (Å²) in [6.07, 6.45) is 1.47. The Kier molecular flexibility index (Phi) is 10.8. The molecule has 1 N–H and O–H groups in total. The first-order valence-electron chi connectivity index (χ1n) is 13.5. The van der Waals surface area contributed by atoms with E-state index < -0.39 is 47.9 Å². The number of hydrogen-bond acceptors (Lipinski definition) is 5. The van der Waals surface area contributed by atoms with Gasteiger partial charge >= 0.3 is 0 Å². The van der Waals surface area contributed by atoms with Gasteiger partial charge in [-0.15, -0.1) is 0 Å². The Morgan fingerprint density at radius 1 is 1.00 bits per heavy atom. The van der Waals surface area contributed by atoms with Crippen molar-refractivity contribution in [1.82, 2.24) is 0 Å². The lowest BCUT2D eigenvalue weighted by Gasteiger charge is -2.39. The zero-order valence-electron chi connectivity index (χ0n) is 25.2. The molecule has 0 saturated heterocycles. The number of sulfonamides is 1. The second-order valence-corrected chi connectivity index (χ2v) is 18.7. The van der Waals surface area contributed by atoms with Crippen LogP contribution in [0.5, 0.6) is 5.75 Å². The van der Waals surface area contributed by atoms with Crippen LogP contribution >= 0.6 is 11.6 Å². The third-order valence-electron chi connectivity index (χ3n) is 7.68. The highest BCUT2D eigenvalue weighted by Gasteiger charge is 2.40. The highest BCUT2D eigenvalue weighted by molar-refractivity contribution is 7.92. The van der Waals surface area contributed by atoms with E-state index >= 15 is 4.39 Å². The summed E-state index contributed by atoms with van der Waals surface area (Å²) in [5.41, 5.74) is 0.0562. The van der Waals surface area contributed by atoms with E-state index in [1.807, 2.05) is 33.9 Å². The van der Waals surface area contributed by atoms with Crippen LogP contribution in [0.1, 0.15) is 38.8 Å². The van der Waals surface area contributed by atoms with Crippen molar-refractivity contribution in [3.63, 3.8) is 0 Å². The molecule has 0 unspecified atom stereocenters. The third kappa shape index (κ3) is 7.82. The normalized spacial score (nSPS) is 14.1. The minimum Gasteiger partial charge on any atom is -0.494 e. The van der Waals surface area contributed by atoms with Gasteiger partial charge in [-0.2, -0.15) is 0 Å². The van der Waals surface area contributed by atoms with Crippen LogP contribution in [0.4, 0.5) is 18.9 Å². The van der Waals surface area contributed by atoms with Crippen LogP contribution in [0.15, 0.2) is 59.5 Å². The molecule has 234 valence electrons. The van der Waals surface area contributed by atoms with Crippen LogP contribution in [0, 0.1) is 17.5 Å². The van der Waals surface area contributed by atoms with Gasteiger partial charge in [0.2, 0.25) is 0 Å². The van der Waals surface area contributed by atoms with Crippen LogP contribution in [0.25, 0.3) is 12.2 Å². The second kappa shape index (κ2) is 13.4. The summed E-state index contributed by atoms with van der Waals surface area (Å²) in [7, 11) is -5.71. The predicted octanol–water partition coefficient (Wildman–Crippen LogP) is 7.90. The average molecular weight is 656 g/mol. The fourth-order valence-corrected chi connectivity index (χ4v) is 6.90. The lowest BCUT2D eigenvalue weighted by molar-refractivity contribution is 0.0845. The Morgan fingerprint density at radius 2 is 1.67 bits per heavy atom. The Labute approximate surface area is 257 Å². The lowest BCUT2D eigenvalue weighted by atomic mass is 10.1. The number of rotatable bonds is 11. The third-order valence-corrected chi connectivity index (χ3v) is 14.4. The summed E-state index contributed by atoms with van der Waals surface area (Å²) < 4.78 is 84.0.